The van der Waals surface area contributed by atoms with Gasteiger partial charge in [-0.25, -0.2) is 0 Å². The van der Waals surface area contributed by atoms with Crippen LogP contribution in [0.15, 0.2) is 65.9 Å². The van der Waals surface area contributed by atoms with Crippen LogP contribution in [0.2, 0.25) is 0 Å². The summed E-state index contributed by atoms with van der Waals surface area (Å²) in [5.74, 6) is 1.75. The molecule has 0 saturated carbocycles. The minimum absolute atomic E-state index is 0.219. The lowest BCUT2D eigenvalue weighted by Crippen LogP contribution is -2.49. The molecule has 1 heterocycles. The first-order chi connectivity index (χ1) is 13.7. The van der Waals surface area contributed by atoms with Crippen molar-refractivity contribution in [1.82, 2.24) is 10.2 Å². The minimum Gasteiger partial charge on any atom is -0.457 e. The van der Waals surface area contributed by atoms with Crippen LogP contribution in [-0.2, 0) is 4.79 Å². The van der Waals surface area contributed by atoms with Gasteiger partial charge in [-0.05, 0) is 61.3 Å². The highest BCUT2D eigenvalue weighted by atomic mass is 32.1. The summed E-state index contributed by atoms with van der Waals surface area (Å²) in [6.07, 6.45) is 3.38. The number of nitrogens with zero attached hydrogens (tertiary/aromatic N) is 1. The first-order valence-electron chi connectivity index (χ1n) is 9.84. The molecule has 2 aromatic rings. The van der Waals surface area contributed by atoms with Crippen LogP contribution < -0.4 is 10.1 Å². The van der Waals surface area contributed by atoms with Crippen LogP contribution >= 0.6 is 12.2 Å². The molecule has 5 heteroatoms. The van der Waals surface area contributed by atoms with Crippen LogP contribution in [0.3, 0.4) is 0 Å². The monoisotopic (exact) mass is 392 g/mol. The molecule has 0 fully saturated rings. The van der Waals surface area contributed by atoms with Crippen molar-refractivity contribution in [3.8, 4) is 11.5 Å². The number of benzene rings is 2. The predicted octanol–water partition coefficient (Wildman–Crippen LogP) is 5.13. The Kier molecular flexibility index (Phi) is 5.44. The first-order valence-corrected chi connectivity index (χ1v) is 10.3. The molecule has 2 aromatic carbocycles. The van der Waals surface area contributed by atoms with Gasteiger partial charge in [-0.3, -0.25) is 4.79 Å². The Morgan fingerprint density at radius 1 is 1.11 bits per heavy atom. The molecule has 1 aliphatic heterocycles. The summed E-state index contributed by atoms with van der Waals surface area (Å²) in [4.78, 5) is 15.0. The number of ketones is 1. The van der Waals surface area contributed by atoms with Crippen molar-refractivity contribution >= 4 is 23.1 Å². The Bertz CT molecular complexity index is 923. The number of carbonyl (C=O) groups excluding carboxylic acids is 1. The fourth-order valence-electron chi connectivity index (χ4n) is 3.94. The van der Waals surface area contributed by atoms with Gasteiger partial charge in [-0.15, -0.1) is 0 Å². The highest BCUT2D eigenvalue weighted by Gasteiger charge is 2.36. The molecule has 28 heavy (non-hydrogen) atoms. The Morgan fingerprint density at radius 3 is 2.68 bits per heavy atom. The molecule has 4 rings (SSSR count). The quantitative estimate of drug-likeness (QED) is 0.715. The predicted molar refractivity (Wildman–Crippen MR) is 114 cm³/mol. The third kappa shape index (κ3) is 3.67. The molecule has 1 atom stereocenters. The number of nitrogens with one attached hydrogen (secondary N) is 1. The highest BCUT2D eigenvalue weighted by Crippen LogP contribution is 2.38. The van der Waals surface area contributed by atoms with E-state index in [2.05, 4.69) is 17.1 Å². The Labute approximate surface area is 171 Å². The second kappa shape index (κ2) is 8.15. The van der Waals surface area contributed by atoms with Crippen LogP contribution in [0, 0.1) is 0 Å². The molecule has 0 saturated heterocycles. The molecule has 0 spiro atoms. The standard InChI is InChI=1S/C23H24N2O2S/c1-2-14-25-19-12-7-13-20(26)21(19)22(24-23(25)28)16-8-6-11-18(15-16)27-17-9-4-3-5-10-17/h3-6,8-11,15,22H,2,7,12-14H2,1H3,(H,24,28). The number of thiocarbonyl (C=S) groups is 1. The van der Waals surface area contributed by atoms with E-state index in [-0.39, 0.29) is 11.8 Å². The molecule has 0 bridgehead atoms. The van der Waals surface area contributed by atoms with E-state index >= 15 is 0 Å². The molecular weight excluding hydrogens is 368 g/mol. The maximum atomic E-state index is 12.8. The molecule has 0 amide bonds. The highest BCUT2D eigenvalue weighted by molar-refractivity contribution is 7.80. The fourth-order valence-corrected chi connectivity index (χ4v) is 4.26. The van der Waals surface area contributed by atoms with Gasteiger partial charge in [0.05, 0.1) is 6.04 Å². The van der Waals surface area contributed by atoms with Crippen LogP contribution in [-0.4, -0.2) is 22.3 Å². The SMILES string of the molecule is CCCN1C(=S)NC(c2cccc(Oc3ccccc3)c2)C2=C1CCCC2=O. The van der Waals surface area contributed by atoms with E-state index < -0.39 is 0 Å². The lowest BCUT2D eigenvalue weighted by Gasteiger charge is -2.41. The molecule has 144 valence electrons. The smallest absolute Gasteiger partial charge is 0.173 e. The van der Waals surface area contributed by atoms with Gasteiger partial charge < -0.3 is 15.0 Å². The fraction of sp³-hybridized carbons (Fsp3) is 0.304. The number of hydrogen-bond donors (Lipinski definition) is 1. The van der Waals surface area contributed by atoms with Gasteiger partial charge in [0.1, 0.15) is 11.5 Å². The summed E-state index contributed by atoms with van der Waals surface area (Å²) >= 11 is 5.65. The van der Waals surface area contributed by atoms with Gasteiger partial charge in [0.25, 0.3) is 0 Å². The molecule has 0 aromatic heterocycles. The van der Waals surface area contributed by atoms with Gasteiger partial charge in [-0.1, -0.05) is 37.3 Å². The van der Waals surface area contributed by atoms with E-state index in [1.54, 1.807) is 0 Å². The molecule has 1 unspecified atom stereocenters. The van der Waals surface area contributed by atoms with Crippen LogP contribution in [0.5, 0.6) is 11.5 Å². The average molecular weight is 393 g/mol. The Morgan fingerprint density at radius 2 is 1.89 bits per heavy atom. The zero-order chi connectivity index (χ0) is 19.5. The van der Waals surface area contributed by atoms with Crippen molar-refractivity contribution in [2.24, 2.45) is 0 Å². The van der Waals surface area contributed by atoms with E-state index in [0.29, 0.717) is 11.5 Å². The first kappa shape index (κ1) is 18.7. The third-order valence-electron chi connectivity index (χ3n) is 5.17. The number of ether oxygens (including phenoxy) is 1. The minimum atomic E-state index is -0.220. The summed E-state index contributed by atoms with van der Waals surface area (Å²) in [6.45, 7) is 2.96. The van der Waals surface area contributed by atoms with Crippen molar-refractivity contribution in [3.05, 3.63) is 71.4 Å². The molecule has 2 aliphatic rings. The number of allylic oxidation sites excluding steroid dienone is 1. The van der Waals surface area contributed by atoms with Crippen LogP contribution in [0.25, 0.3) is 0 Å². The van der Waals surface area contributed by atoms with Crippen molar-refractivity contribution in [3.63, 3.8) is 0 Å². The van der Waals surface area contributed by atoms with Crippen molar-refractivity contribution < 1.29 is 9.53 Å². The van der Waals surface area contributed by atoms with E-state index in [1.165, 1.54) is 0 Å². The lowest BCUT2D eigenvalue weighted by atomic mass is 9.84. The molecule has 1 aliphatic carbocycles. The Balaban J connectivity index is 1.70. The molecule has 0 radical (unpaired) electrons. The van der Waals surface area contributed by atoms with E-state index in [9.17, 15) is 4.79 Å². The summed E-state index contributed by atoms with van der Waals surface area (Å²) in [7, 11) is 0. The molecule has 4 nitrogen and oxygen atoms in total. The van der Waals surface area contributed by atoms with Gasteiger partial charge in [0.2, 0.25) is 0 Å². The summed E-state index contributed by atoms with van der Waals surface area (Å²) in [6, 6.07) is 17.4. The zero-order valence-electron chi connectivity index (χ0n) is 16.0. The van der Waals surface area contributed by atoms with E-state index in [0.717, 1.165) is 54.1 Å². The maximum Gasteiger partial charge on any atom is 0.173 e. The third-order valence-corrected chi connectivity index (χ3v) is 5.51. The van der Waals surface area contributed by atoms with Crippen LogP contribution in [0.4, 0.5) is 0 Å². The second-order valence-electron chi connectivity index (χ2n) is 7.16. The summed E-state index contributed by atoms with van der Waals surface area (Å²) in [5, 5.41) is 4.11. The van der Waals surface area contributed by atoms with Gasteiger partial charge >= 0.3 is 0 Å². The summed E-state index contributed by atoms with van der Waals surface area (Å²) < 4.78 is 5.99. The largest absolute Gasteiger partial charge is 0.457 e. The molecular formula is C23H24N2O2S. The van der Waals surface area contributed by atoms with Crippen molar-refractivity contribution in [1.29, 1.82) is 0 Å². The van der Waals surface area contributed by atoms with E-state index in [4.69, 9.17) is 17.0 Å². The Hall–Kier alpha value is -2.66. The number of para-hydroxylation sites is 1. The topological polar surface area (TPSA) is 41.6 Å². The number of carbonyl (C=O) groups is 1. The maximum absolute atomic E-state index is 12.8. The van der Waals surface area contributed by atoms with Gasteiger partial charge in [0.15, 0.2) is 10.9 Å². The van der Waals surface area contributed by atoms with Crippen molar-refractivity contribution in [2.75, 3.05) is 6.54 Å². The molecule has 1 N–H and O–H groups in total. The average Bonchev–Trinajstić information content (AvgIpc) is 2.71. The van der Waals surface area contributed by atoms with E-state index in [1.807, 2.05) is 54.6 Å². The zero-order valence-corrected chi connectivity index (χ0v) is 16.8. The number of hydrogen-bond acceptors (Lipinski definition) is 3. The summed E-state index contributed by atoms with van der Waals surface area (Å²) in [5.41, 5.74) is 2.96. The van der Waals surface area contributed by atoms with Gasteiger partial charge in [-0.2, -0.15) is 0 Å². The lowest BCUT2D eigenvalue weighted by molar-refractivity contribution is -0.116. The van der Waals surface area contributed by atoms with Gasteiger partial charge in [0, 0.05) is 24.2 Å². The normalized spacial score (nSPS) is 19.3. The second-order valence-corrected chi connectivity index (χ2v) is 7.55. The van der Waals surface area contributed by atoms with Crippen molar-refractivity contribution in [2.45, 2.75) is 38.6 Å². The number of rotatable bonds is 5. The van der Waals surface area contributed by atoms with Crippen LogP contribution in [0.1, 0.15) is 44.2 Å². The number of Topliss-reactive ketones (excluding diaryl/α,β-unsaturated/α-hetero) is 1.